The van der Waals surface area contributed by atoms with Crippen molar-refractivity contribution in [1.82, 2.24) is 14.8 Å². The molecule has 1 aromatic carbocycles. The van der Waals surface area contributed by atoms with Crippen molar-refractivity contribution in [1.29, 1.82) is 0 Å². The van der Waals surface area contributed by atoms with Gasteiger partial charge in [0.05, 0.1) is 27.8 Å². The number of aryl methyl sites for hydroxylation is 1. The first-order valence-electron chi connectivity index (χ1n) is 7.32. The Balaban J connectivity index is 1.78. The van der Waals surface area contributed by atoms with Crippen LogP contribution in [0.25, 0.3) is 0 Å². The summed E-state index contributed by atoms with van der Waals surface area (Å²) in [5, 5.41) is 9.71. The first-order chi connectivity index (χ1) is 11.8. The van der Waals surface area contributed by atoms with Gasteiger partial charge in [-0.1, -0.05) is 11.6 Å². The Kier molecular flexibility index (Phi) is 4.98. The Morgan fingerprint density at radius 1 is 1.36 bits per heavy atom. The number of benzene rings is 1. The van der Waals surface area contributed by atoms with Crippen LogP contribution in [0, 0.1) is 0 Å². The summed E-state index contributed by atoms with van der Waals surface area (Å²) in [6.45, 7) is 1.97. The number of hydrogen-bond acceptors (Lipinski definition) is 6. The van der Waals surface area contributed by atoms with Crippen LogP contribution < -0.4 is 10.0 Å². The second kappa shape index (κ2) is 7.03. The second-order valence-electron chi connectivity index (χ2n) is 5.40. The molecule has 132 valence electrons. The molecule has 0 aliphatic rings. The van der Waals surface area contributed by atoms with Crippen molar-refractivity contribution in [2.75, 3.05) is 10.0 Å². The lowest BCUT2D eigenvalue weighted by molar-refractivity contribution is 0.601. The third kappa shape index (κ3) is 4.12. The third-order valence-corrected chi connectivity index (χ3v) is 5.97. The summed E-state index contributed by atoms with van der Waals surface area (Å²) >= 11 is 7.47. The Morgan fingerprint density at radius 2 is 2.16 bits per heavy atom. The molecule has 2 aromatic heterocycles. The average Bonchev–Trinajstić information content (AvgIpc) is 3.20. The van der Waals surface area contributed by atoms with Crippen LogP contribution in [0.1, 0.15) is 18.5 Å². The lowest BCUT2D eigenvalue weighted by atomic mass is 10.2. The van der Waals surface area contributed by atoms with Gasteiger partial charge in [-0.2, -0.15) is 5.10 Å². The number of nitrogens with one attached hydrogen (secondary N) is 2. The van der Waals surface area contributed by atoms with Crippen LogP contribution in [0.2, 0.25) is 5.02 Å². The minimum Gasteiger partial charge on any atom is -0.377 e. The molecule has 0 bridgehead atoms. The van der Waals surface area contributed by atoms with E-state index in [-0.39, 0.29) is 10.9 Å². The summed E-state index contributed by atoms with van der Waals surface area (Å²) in [6, 6.07) is 4.53. The van der Waals surface area contributed by atoms with E-state index in [1.807, 2.05) is 20.2 Å². The predicted octanol–water partition coefficient (Wildman–Crippen LogP) is 3.50. The summed E-state index contributed by atoms with van der Waals surface area (Å²) in [5.41, 5.74) is 1.65. The van der Waals surface area contributed by atoms with Crippen molar-refractivity contribution in [3.05, 3.63) is 52.8 Å². The Morgan fingerprint density at radius 3 is 2.76 bits per heavy atom. The zero-order valence-corrected chi connectivity index (χ0v) is 15.9. The van der Waals surface area contributed by atoms with Gasteiger partial charge >= 0.3 is 0 Å². The van der Waals surface area contributed by atoms with Crippen LogP contribution in [-0.2, 0) is 17.1 Å². The number of rotatable bonds is 6. The van der Waals surface area contributed by atoms with E-state index in [1.54, 1.807) is 22.3 Å². The summed E-state index contributed by atoms with van der Waals surface area (Å²) in [6.07, 6.45) is 5.20. The molecule has 0 aliphatic carbocycles. The molecule has 2 N–H and O–H groups in total. The number of hydrogen-bond donors (Lipinski definition) is 2. The van der Waals surface area contributed by atoms with Crippen molar-refractivity contribution < 1.29 is 8.42 Å². The van der Waals surface area contributed by atoms with Crippen LogP contribution in [0.15, 0.2) is 47.1 Å². The Hall–Kier alpha value is -2.10. The number of halogens is 1. The molecule has 3 aromatic rings. The van der Waals surface area contributed by atoms with E-state index in [0.29, 0.717) is 15.8 Å². The predicted molar refractivity (Wildman–Crippen MR) is 99.6 cm³/mol. The van der Waals surface area contributed by atoms with Crippen molar-refractivity contribution in [3.63, 3.8) is 0 Å². The van der Waals surface area contributed by atoms with Crippen LogP contribution in [0.5, 0.6) is 0 Å². The molecule has 0 spiro atoms. The number of aromatic nitrogens is 3. The molecule has 0 radical (unpaired) electrons. The number of anilines is 2. The van der Waals surface area contributed by atoms with Crippen LogP contribution in [0.3, 0.4) is 0 Å². The van der Waals surface area contributed by atoms with Crippen molar-refractivity contribution >= 4 is 43.8 Å². The average molecular weight is 398 g/mol. The number of nitrogens with zero attached hydrogens (tertiary/aromatic N) is 3. The molecule has 2 heterocycles. The molecular weight excluding hydrogens is 382 g/mol. The molecule has 1 unspecified atom stereocenters. The standard InChI is InChI=1S/C15H16ClN5O2S2/c1-10(11-8-18-21(2)9-11)19-14-4-3-12(7-13(14)16)25(22,23)20-15-17-5-6-24-15/h3-10,19H,1-2H3,(H,17,20). The molecule has 7 nitrogen and oxygen atoms in total. The highest BCUT2D eigenvalue weighted by Crippen LogP contribution is 2.29. The van der Waals surface area contributed by atoms with E-state index in [2.05, 4.69) is 20.1 Å². The van der Waals surface area contributed by atoms with Crippen molar-refractivity contribution in [3.8, 4) is 0 Å². The summed E-state index contributed by atoms with van der Waals surface area (Å²) in [4.78, 5) is 3.99. The second-order valence-corrected chi connectivity index (χ2v) is 8.38. The van der Waals surface area contributed by atoms with Crippen LogP contribution >= 0.6 is 22.9 Å². The fourth-order valence-corrected chi connectivity index (χ4v) is 4.32. The highest BCUT2D eigenvalue weighted by Gasteiger charge is 2.18. The largest absolute Gasteiger partial charge is 0.377 e. The lowest BCUT2D eigenvalue weighted by Crippen LogP contribution is -2.13. The zero-order chi connectivity index (χ0) is 18.0. The van der Waals surface area contributed by atoms with E-state index < -0.39 is 10.0 Å². The summed E-state index contributed by atoms with van der Waals surface area (Å²) in [5.74, 6) is 0. The maximum Gasteiger partial charge on any atom is 0.263 e. The minimum atomic E-state index is -3.73. The summed E-state index contributed by atoms with van der Waals surface area (Å²) < 4.78 is 28.9. The monoisotopic (exact) mass is 397 g/mol. The fourth-order valence-electron chi connectivity index (χ4n) is 2.21. The van der Waals surface area contributed by atoms with Crippen LogP contribution in [0.4, 0.5) is 10.8 Å². The highest BCUT2D eigenvalue weighted by molar-refractivity contribution is 7.93. The van der Waals surface area contributed by atoms with E-state index >= 15 is 0 Å². The molecule has 0 saturated heterocycles. The van der Waals surface area contributed by atoms with Crippen molar-refractivity contribution in [2.45, 2.75) is 17.9 Å². The van der Waals surface area contributed by atoms with Gasteiger partial charge in [-0.05, 0) is 25.1 Å². The maximum absolute atomic E-state index is 12.4. The van der Waals surface area contributed by atoms with Gasteiger partial charge in [0, 0.05) is 30.4 Å². The van der Waals surface area contributed by atoms with Gasteiger partial charge in [-0.3, -0.25) is 9.40 Å². The minimum absolute atomic E-state index is 0.0258. The van der Waals surface area contributed by atoms with Gasteiger partial charge in [0.25, 0.3) is 10.0 Å². The van der Waals surface area contributed by atoms with E-state index in [0.717, 1.165) is 5.56 Å². The molecule has 25 heavy (non-hydrogen) atoms. The zero-order valence-electron chi connectivity index (χ0n) is 13.5. The van der Waals surface area contributed by atoms with E-state index in [9.17, 15) is 8.42 Å². The van der Waals surface area contributed by atoms with Gasteiger partial charge in [0.15, 0.2) is 5.13 Å². The topological polar surface area (TPSA) is 88.9 Å². The first-order valence-corrected chi connectivity index (χ1v) is 10.1. The molecular formula is C15H16ClN5O2S2. The third-order valence-electron chi connectivity index (χ3n) is 3.50. The van der Waals surface area contributed by atoms with Gasteiger partial charge in [-0.15, -0.1) is 11.3 Å². The quantitative estimate of drug-likeness (QED) is 0.664. The fraction of sp³-hybridized carbons (Fsp3) is 0.200. The number of thiazole rings is 1. The molecule has 1 atom stereocenters. The van der Waals surface area contributed by atoms with Crippen molar-refractivity contribution in [2.24, 2.45) is 7.05 Å². The SMILES string of the molecule is CC(Nc1ccc(S(=O)(=O)Nc2nccs2)cc1Cl)c1cnn(C)c1. The number of sulfonamides is 1. The maximum atomic E-state index is 12.4. The smallest absolute Gasteiger partial charge is 0.263 e. The molecule has 0 aliphatic heterocycles. The highest BCUT2D eigenvalue weighted by atomic mass is 35.5. The van der Waals surface area contributed by atoms with Gasteiger partial charge in [-0.25, -0.2) is 13.4 Å². The van der Waals surface area contributed by atoms with E-state index in [1.165, 1.54) is 29.7 Å². The first kappa shape index (κ1) is 17.7. The normalized spacial score (nSPS) is 12.8. The molecule has 3 rings (SSSR count). The van der Waals surface area contributed by atoms with Gasteiger partial charge in [0.2, 0.25) is 0 Å². The summed E-state index contributed by atoms with van der Waals surface area (Å²) in [7, 11) is -1.88. The molecule has 0 amide bonds. The Labute approximate surface area is 154 Å². The van der Waals surface area contributed by atoms with Gasteiger partial charge in [0.1, 0.15) is 0 Å². The Bertz CT molecular complexity index is 970. The van der Waals surface area contributed by atoms with E-state index in [4.69, 9.17) is 11.6 Å². The molecule has 0 saturated carbocycles. The van der Waals surface area contributed by atoms with Crippen LogP contribution in [-0.4, -0.2) is 23.2 Å². The lowest BCUT2D eigenvalue weighted by Gasteiger charge is -2.15. The van der Waals surface area contributed by atoms with Gasteiger partial charge < -0.3 is 5.32 Å². The molecule has 0 fully saturated rings. The molecule has 10 heteroatoms.